The van der Waals surface area contributed by atoms with E-state index < -0.39 is 0 Å². The van der Waals surface area contributed by atoms with Gasteiger partial charge in [-0.25, -0.2) is 0 Å². The first-order chi connectivity index (χ1) is 4.50. The molecule has 3 heteroatoms. The third-order valence-electron chi connectivity index (χ3n) is 1.21. The van der Waals surface area contributed by atoms with Gasteiger partial charge in [-0.1, -0.05) is 0 Å². The minimum Gasteiger partial charge on any atom is -0.179 e. The van der Waals surface area contributed by atoms with Gasteiger partial charge in [-0.2, -0.15) is 15.0 Å². The summed E-state index contributed by atoms with van der Waals surface area (Å²) < 4.78 is 0. The maximum Gasteiger partial charge on any atom is 0.0796 e. The van der Waals surface area contributed by atoms with Crippen LogP contribution in [0.15, 0.2) is 6.20 Å². The van der Waals surface area contributed by atoms with Crippen molar-refractivity contribution in [2.75, 3.05) is 0 Å². The smallest absolute Gasteiger partial charge is 0.0796 e. The van der Waals surface area contributed by atoms with Crippen LogP contribution >= 0.6 is 0 Å². The second kappa shape index (κ2) is 2.08. The van der Waals surface area contributed by atoms with Gasteiger partial charge in [0.25, 0.3) is 0 Å². The van der Waals surface area contributed by atoms with E-state index in [-0.39, 0.29) is 5.54 Å². The lowest BCUT2D eigenvalue weighted by molar-refractivity contribution is 0.311. The van der Waals surface area contributed by atoms with Crippen LogP contribution in [0.25, 0.3) is 0 Å². The molecular formula is C7H13N3. The van der Waals surface area contributed by atoms with Gasteiger partial charge in [0, 0.05) is 0 Å². The fourth-order valence-corrected chi connectivity index (χ4v) is 0.662. The van der Waals surface area contributed by atoms with E-state index in [1.807, 2.05) is 6.92 Å². The summed E-state index contributed by atoms with van der Waals surface area (Å²) in [5.74, 6) is 0. The monoisotopic (exact) mass is 139 g/mol. The molecule has 0 amide bonds. The zero-order valence-electron chi connectivity index (χ0n) is 6.92. The average molecular weight is 139 g/mol. The first kappa shape index (κ1) is 7.25. The minimum atomic E-state index is 0.00819. The zero-order valence-corrected chi connectivity index (χ0v) is 6.92. The normalized spacial score (nSPS) is 12.0. The molecule has 0 fully saturated rings. The second-order valence-electron chi connectivity index (χ2n) is 3.45. The van der Waals surface area contributed by atoms with Gasteiger partial charge in [-0.15, -0.1) is 0 Å². The summed E-state index contributed by atoms with van der Waals surface area (Å²) in [6.45, 7) is 8.17. The molecule has 3 nitrogen and oxygen atoms in total. The van der Waals surface area contributed by atoms with Crippen molar-refractivity contribution in [1.82, 2.24) is 15.0 Å². The Hall–Kier alpha value is -0.860. The van der Waals surface area contributed by atoms with Crippen LogP contribution < -0.4 is 0 Å². The van der Waals surface area contributed by atoms with Gasteiger partial charge in [0.2, 0.25) is 0 Å². The standard InChI is InChI=1S/C7H13N3/c1-6-5-8-10(9-6)7(2,3)4/h5H,1-4H3. The van der Waals surface area contributed by atoms with Crippen molar-refractivity contribution in [2.45, 2.75) is 33.2 Å². The molecule has 0 atom stereocenters. The molecule has 56 valence electrons. The zero-order chi connectivity index (χ0) is 7.78. The SMILES string of the molecule is Cc1cnn(C(C)(C)C)n1. The Morgan fingerprint density at radius 1 is 1.40 bits per heavy atom. The van der Waals surface area contributed by atoms with Crippen LogP contribution in [0, 0.1) is 6.92 Å². The number of hydrogen-bond acceptors (Lipinski definition) is 2. The summed E-state index contributed by atoms with van der Waals surface area (Å²) in [5.41, 5.74) is 0.976. The van der Waals surface area contributed by atoms with E-state index in [0.29, 0.717) is 0 Å². The highest BCUT2D eigenvalue weighted by molar-refractivity contribution is 4.86. The van der Waals surface area contributed by atoms with Crippen LogP contribution in [0.4, 0.5) is 0 Å². The lowest BCUT2D eigenvalue weighted by Crippen LogP contribution is -2.24. The fourth-order valence-electron chi connectivity index (χ4n) is 0.662. The summed E-state index contributed by atoms with van der Waals surface area (Å²) in [6, 6.07) is 0. The summed E-state index contributed by atoms with van der Waals surface area (Å²) in [6.07, 6.45) is 1.77. The summed E-state index contributed by atoms with van der Waals surface area (Å²) >= 11 is 0. The Morgan fingerprint density at radius 2 is 2.00 bits per heavy atom. The van der Waals surface area contributed by atoms with Crippen molar-refractivity contribution in [3.05, 3.63) is 11.9 Å². The third kappa shape index (κ3) is 1.35. The lowest BCUT2D eigenvalue weighted by atomic mass is 10.1. The number of aromatic nitrogens is 3. The van der Waals surface area contributed by atoms with Crippen molar-refractivity contribution >= 4 is 0 Å². The van der Waals surface area contributed by atoms with Crippen LogP contribution in [-0.2, 0) is 5.54 Å². The van der Waals surface area contributed by atoms with E-state index in [1.165, 1.54) is 0 Å². The Morgan fingerprint density at radius 3 is 2.20 bits per heavy atom. The molecule has 0 aliphatic carbocycles. The highest BCUT2D eigenvalue weighted by atomic mass is 15.5. The van der Waals surface area contributed by atoms with Crippen LogP contribution in [0.5, 0.6) is 0 Å². The van der Waals surface area contributed by atoms with Crippen LogP contribution in [0.1, 0.15) is 26.5 Å². The van der Waals surface area contributed by atoms with E-state index >= 15 is 0 Å². The van der Waals surface area contributed by atoms with Crippen LogP contribution in [0.3, 0.4) is 0 Å². The average Bonchev–Trinajstić information content (AvgIpc) is 2.11. The Kier molecular flexibility index (Phi) is 1.50. The van der Waals surface area contributed by atoms with E-state index in [4.69, 9.17) is 0 Å². The molecule has 0 aliphatic rings. The Labute approximate surface area is 61.1 Å². The van der Waals surface area contributed by atoms with E-state index in [0.717, 1.165) is 5.69 Å². The number of nitrogens with zero attached hydrogens (tertiary/aromatic N) is 3. The topological polar surface area (TPSA) is 30.7 Å². The van der Waals surface area contributed by atoms with Crippen LogP contribution in [-0.4, -0.2) is 15.0 Å². The summed E-state index contributed by atoms with van der Waals surface area (Å²) in [4.78, 5) is 1.72. The van der Waals surface area contributed by atoms with Gasteiger partial charge in [-0.05, 0) is 27.7 Å². The summed E-state index contributed by atoms with van der Waals surface area (Å²) in [5, 5.41) is 8.28. The molecule has 1 aromatic heterocycles. The van der Waals surface area contributed by atoms with Crippen LogP contribution in [0.2, 0.25) is 0 Å². The van der Waals surface area contributed by atoms with Crippen molar-refractivity contribution in [1.29, 1.82) is 0 Å². The molecule has 0 aliphatic heterocycles. The highest BCUT2D eigenvalue weighted by Gasteiger charge is 2.14. The van der Waals surface area contributed by atoms with Gasteiger partial charge in [-0.3, -0.25) is 0 Å². The maximum atomic E-state index is 4.19. The predicted octanol–water partition coefficient (Wildman–Crippen LogP) is 1.34. The number of aryl methyl sites for hydroxylation is 1. The first-order valence-electron chi connectivity index (χ1n) is 3.39. The molecule has 1 heterocycles. The minimum absolute atomic E-state index is 0.00819. The molecule has 0 N–H and O–H groups in total. The van der Waals surface area contributed by atoms with E-state index in [9.17, 15) is 0 Å². The highest BCUT2D eigenvalue weighted by Crippen LogP contribution is 2.09. The molecular weight excluding hydrogens is 126 g/mol. The number of rotatable bonds is 0. The molecule has 0 aromatic carbocycles. The Bertz CT molecular complexity index is 219. The van der Waals surface area contributed by atoms with Gasteiger partial charge < -0.3 is 0 Å². The quantitative estimate of drug-likeness (QED) is 0.543. The molecule has 0 spiro atoms. The first-order valence-corrected chi connectivity index (χ1v) is 3.39. The molecule has 10 heavy (non-hydrogen) atoms. The lowest BCUT2D eigenvalue weighted by Gasteiger charge is -2.16. The second-order valence-corrected chi connectivity index (χ2v) is 3.45. The van der Waals surface area contributed by atoms with Crippen molar-refractivity contribution < 1.29 is 0 Å². The van der Waals surface area contributed by atoms with E-state index in [1.54, 1.807) is 11.0 Å². The maximum absolute atomic E-state index is 4.19. The molecule has 0 unspecified atom stereocenters. The van der Waals surface area contributed by atoms with Crippen molar-refractivity contribution in [3.63, 3.8) is 0 Å². The van der Waals surface area contributed by atoms with Gasteiger partial charge in [0.05, 0.1) is 17.4 Å². The van der Waals surface area contributed by atoms with Gasteiger partial charge in [0.15, 0.2) is 0 Å². The third-order valence-corrected chi connectivity index (χ3v) is 1.21. The molecule has 0 bridgehead atoms. The molecule has 0 saturated heterocycles. The Balaban J connectivity index is 2.96. The predicted molar refractivity (Wildman–Crippen MR) is 39.8 cm³/mol. The van der Waals surface area contributed by atoms with Gasteiger partial charge in [0.1, 0.15) is 0 Å². The summed E-state index contributed by atoms with van der Waals surface area (Å²) in [7, 11) is 0. The molecule has 1 aromatic rings. The number of hydrogen-bond donors (Lipinski definition) is 0. The largest absolute Gasteiger partial charge is 0.179 e. The van der Waals surface area contributed by atoms with Crippen molar-refractivity contribution in [3.8, 4) is 0 Å². The molecule has 0 saturated carbocycles. The van der Waals surface area contributed by atoms with Crippen molar-refractivity contribution in [2.24, 2.45) is 0 Å². The molecule has 1 rings (SSSR count). The van der Waals surface area contributed by atoms with Gasteiger partial charge >= 0.3 is 0 Å². The molecule has 0 radical (unpaired) electrons. The fraction of sp³-hybridized carbons (Fsp3) is 0.714. The van der Waals surface area contributed by atoms with E-state index in [2.05, 4.69) is 31.0 Å².